The standard InChI is InChI=1S/C20H23N3O3/c1-23(2)12-9-15-14-22-17-7-5-8-18(19(15)17)26-20(24)25-13-10-16-6-3-4-11-21-16/h3-8,11,14,22H,9-10,12-13H2,1-2H3/i9D2,12D2. The summed E-state index contributed by atoms with van der Waals surface area (Å²) in [4.78, 5) is 20.4. The summed E-state index contributed by atoms with van der Waals surface area (Å²) in [5, 5.41) is 0.287. The van der Waals surface area contributed by atoms with Crippen LogP contribution in [-0.4, -0.2) is 48.2 Å². The van der Waals surface area contributed by atoms with Crippen LogP contribution in [0.25, 0.3) is 10.9 Å². The molecular weight excluding hydrogens is 330 g/mol. The van der Waals surface area contributed by atoms with E-state index in [2.05, 4.69) is 9.97 Å². The molecule has 1 aromatic carbocycles. The SMILES string of the molecule is [2H]C([2H])(c1c[nH]c2cccc(OC(=O)OCCc3ccccn3)c12)C([2H])([2H])N(C)C. The fourth-order valence-electron chi connectivity index (χ4n) is 2.41. The van der Waals surface area contributed by atoms with Gasteiger partial charge in [0.05, 0.1) is 0 Å². The van der Waals surface area contributed by atoms with E-state index in [0.717, 1.165) is 5.69 Å². The number of nitrogens with one attached hydrogen (secondary N) is 1. The molecule has 3 rings (SSSR count). The summed E-state index contributed by atoms with van der Waals surface area (Å²) in [6.07, 6.45) is 0.160. The Bertz CT molecular complexity index is 1020. The van der Waals surface area contributed by atoms with Crippen LogP contribution in [0, 0.1) is 0 Å². The Balaban J connectivity index is 1.81. The molecule has 3 aromatic rings. The van der Waals surface area contributed by atoms with Gasteiger partial charge < -0.3 is 19.4 Å². The molecule has 2 heterocycles. The normalized spacial score (nSPS) is 14.4. The number of carbonyl (C=O) groups is 1. The topological polar surface area (TPSA) is 67.5 Å². The van der Waals surface area contributed by atoms with Gasteiger partial charge >= 0.3 is 6.16 Å². The third-order valence-electron chi connectivity index (χ3n) is 3.58. The molecule has 1 N–H and O–H groups in total. The number of aromatic amines is 1. The minimum Gasteiger partial charge on any atom is -0.434 e. The van der Waals surface area contributed by atoms with Crippen molar-refractivity contribution in [2.24, 2.45) is 0 Å². The lowest BCUT2D eigenvalue weighted by Crippen LogP contribution is -2.15. The molecule has 0 amide bonds. The number of benzene rings is 1. The molecule has 0 bridgehead atoms. The Morgan fingerprint density at radius 1 is 1.27 bits per heavy atom. The first-order valence-electron chi connectivity index (χ1n) is 10.2. The number of aromatic nitrogens is 2. The second kappa shape index (κ2) is 8.49. The highest BCUT2D eigenvalue weighted by molar-refractivity contribution is 5.90. The molecule has 0 aliphatic carbocycles. The fraction of sp³-hybridized carbons (Fsp3) is 0.300. The predicted octanol–water partition coefficient (Wildman–Crippen LogP) is 3.43. The Kier molecular flexibility index (Phi) is 4.36. The average Bonchev–Trinajstić information content (AvgIpc) is 3.14. The molecule has 0 radical (unpaired) electrons. The van der Waals surface area contributed by atoms with Gasteiger partial charge in [-0.3, -0.25) is 4.98 Å². The summed E-state index contributed by atoms with van der Waals surface area (Å²) in [6, 6.07) is 10.3. The van der Waals surface area contributed by atoms with Gasteiger partial charge in [-0.15, -0.1) is 0 Å². The molecule has 0 fully saturated rings. The van der Waals surface area contributed by atoms with Crippen molar-refractivity contribution in [3.8, 4) is 5.75 Å². The van der Waals surface area contributed by atoms with Crippen molar-refractivity contribution in [2.75, 3.05) is 27.2 Å². The van der Waals surface area contributed by atoms with Gasteiger partial charge in [-0.1, -0.05) is 12.1 Å². The molecule has 0 saturated heterocycles. The Morgan fingerprint density at radius 3 is 2.92 bits per heavy atom. The van der Waals surface area contributed by atoms with Gasteiger partial charge in [0, 0.05) is 47.4 Å². The van der Waals surface area contributed by atoms with E-state index in [0.29, 0.717) is 11.9 Å². The number of hydrogen-bond acceptors (Lipinski definition) is 5. The number of hydrogen-bond donors (Lipinski definition) is 1. The first kappa shape index (κ1) is 13.4. The molecular formula is C20H23N3O3. The van der Waals surface area contributed by atoms with E-state index >= 15 is 0 Å². The summed E-state index contributed by atoms with van der Waals surface area (Å²) in [6.45, 7) is -2.23. The number of nitrogens with zero attached hydrogens (tertiary/aromatic N) is 2. The molecule has 136 valence electrons. The molecule has 6 nitrogen and oxygen atoms in total. The number of pyridine rings is 1. The van der Waals surface area contributed by atoms with Gasteiger partial charge in [0.1, 0.15) is 12.4 Å². The highest BCUT2D eigenvalue weighted by Crippen LogP contribution is 2.29. The predicted molar refractivity (Wildman–Crippen MR) is 100 cm³/mol. The van der Waals surface area contributed by atoms with E-state index in [1.165, 1.54) is 31.3 Å². The van der Waals surface area contributed by atoms with Crippen LogP contribution in [0.1, 0.15) is 16.7 Å². The smallest absolute Gasteiger partial charge is 0.434 e. The van der Waals surface area contributed by atoms with E-state index in [9.17, 15) is 4.79 Å². The van der Waals surface area contributed by atoms with Gasteiger partial charge in [-0.25, -0.2) is 4.79 Å². The molecule has 0 spiro atoms. The van der Waals surface area contributed by atoms with Crippen LogP contribution in [-0.2, 0) is 17.5 Å². The third-order valence-corrected chi connectivity index (χ3v) is 3.58. The van der Waals surface area contributed by atoms with Gasteiger partial charge in [-0.05, 0) is 50.3 Å². The first-order chi connectivity index (χ1) is 14.1. The van der Waals surface area contributed by atoms with E-state index in [1.807, 2.05) is 12.1 Å². The molecule has 26 heavy (non-hydrogen) atoms. The maximum Gasteiger partial charge on any atom is 0.513 e. The van der Waals surface area contributed by atoms with Crippen molar-refractivity contribution in [3.63, 3.8) is 0 Å². The van der Waals surface area contributed by atoms with Crippen molar-refractivity contribution >= 4 is 17.1 Å². The molecule has 0 saturated carbocycles. The minimum absolute atomic E-state index is 0.0492. The Labute approximate surface area is 158 Å². The minimum atomic E-state index is -2.39. The molecule has 6 heteroatoms. The van der Waals surface area contributed by atoms with Crippen LogP contribution in [0.2, 0.25) is 0 Å². The molecule has 0 aliphatic heterocycles. The van der Waals surface area contributed by atoms with Gasteiger partial charge in [0.2, 0.25) is 0 Å². The number of H-pyrrole nitrogens is 1. The second-order valence-corrected chi connectivity index (χ2v) is 5.78. The van der Waals surface area contributed by atoms with Gasteiger partial charge in [0.25, 0.3) is 0 Å². The largest absolute Gasteiger partial charge is 0.513 e. The van der Waals surface area contributed by atoms with Crippen LogP contribution in [0.3, 0.4) is 0 Å². The van der Waals surface area contributed by atoms with Gasteiger partial charge in [0.15, 0.2) is 0 Å². The maximum absolute atomic E-state index is 12.2. The van der Waals surface area contributed by atoms with Crippen molar-refractivity contribution in [1.29, 1.82) is 0 Å². The molecule has 0 atom stereocenters. The first-order valence-corrected chi connectivity index (χ1v) is 8.17. The van der Waals surface area contributed by atoms with E-state index in [1.54, 1.807) is 24.4 Å². The zero-order valence-corrected chi connectivity index (χ0v) is 14.7. The van der Waals surface area contributed by atoms with Crippen LogP contribution in [0.15, 0.2) is 48.8 Å². The maximum atomic E-state index is 12.2. The quantitative estimate of drug-likeness (QED) is 0.518. The van der Waals surface area contributed by atoms with Crippen LogP contribution in [0.5, 0.6) is 5.75 Å². The highest BCUT2D eigenvalue weighted by Gasteiger charge is 2.14. The van der Waals surface area contributed by atoms with Crippen molar-refractivity contribution in [3.05, 3.63) is 60.0 Å². The summed E-state index contributed by atoms with van der Waals surface area (Å²) >= 11 is 0. The summed E-state index contributed by atoms with van der Waals surface area (Å²) in [5.41, 5.74) is 1.34. The van der Waals surface area contributed by atoms with Crippen molar-refractivity contribution < 1.29 is 19.8 Å². The third kappa shape index (κ3) is 4.61. The summed E-state index contributed by atoms with van der Waals surface area (Å²) in [5.74, 6) is 0.0880. The molecule has 0 unspecified atom stereocenters. The lowest BCUT2D eigenvalue weighted by Gasteiger charge is -2.10. The van der Waals surface area contributed by atoms with Crippen LogP contribution < -0.4 is 4.74 Å². The average molecular weight is 357 g/mol. The summed E-state index contributed by atoms with van der Waals surface area (Å²) in [7, 11) is 2.92. The Morgan fingerprint density at radius 2 is 2.15 bits per heavy atom. The number of carbonyl (C=O) groups excluding carboxylic acids is 1. The zero-order valence-electron chi connectivity index (χ0n) is 18.7. The molecule has 2 aromatic heterocycles. The van der Waals surface area contributed by atoms with Crippen molar-refractivity contribution in [1.82, 2.24) is 14.9 Å². The number of ether oxygens (including phenoxy) is 2. The monoisotopic (exact) mass is 357 g/mol. The Hall–Kier alpha value is -2.86. The van der Waals surface area contributed by atoms with Crippen molar-refractivity contribution in [2.45, 2.75) is 12.8 Å². The summed E-state index contributed by atoms with van der Waals surface area (Å²) < 4.78 is 43.7. The van der Waals surface area contributed by atoms with E-state index < -0.39 is 19.0 Å². The lowest BCUT2D eigenvalue weighted by molar-refractivity contribution is 0.100. The molecule has 0 aliphatic rings. The fourth-order valence-corrected chi connectivity index (χ4v) is 2.41. The number of aryl methyl sites for hydroxylation is 1. The zero-order chi connectivity index (χ0) is 21.9. The number of fused-ring (bicyclic) bond motifs is 1. The van der Waals surface area contributed by atoms with Crippen LogP contribution in [0.4, 0.5) is 4.79 Å². The van der Waals surface area contributed by atoms with E-state index in [4.69, 9.17) is 15.0 Å². The lowest BCUT2D eigenvalue weighted by atomic mass is 10.1. The number of rotatable bonds is 7. The second-order valence-electron chi connectivity index (χ2n) is 5.78. The van der Waals surface area contributed by atoms with Crippen LogP contribution >= 0.6 is 0 Å². The van der Waals surface area contributed by atoms with E-state index in [-0.39, 0.29) is 23.3 Å². The highest BCUT2D eigenvalue weighted by atomic mass is 16.7. The van der Waals surface area contributed by atoms with Gasteiger partial charge in [-0.2, -0.15) is 0 Å². The number of likely N-dealkylation sites (N-methyl/N-ethyl adjacent to an activating group) is 1.